The molecule has 2 N–H and O–H groups in total. The molecule has 1 aromatic rings. The summed E-state index contributed by atoms with van der Waals surface area (Å²) in [4.78, 5) is 0. The van der Waals surface area contributed by atoms with Gasteiger partial charge in [0, 0.05) is 6.42 Å². The normalized spacial score (nSPS) is 13.6. The molecule has 106 valence electrons. The lowest BCUT2D eigenvalue weighted by Crippen LogP contribution is -2.41. The van der Waals surface area contributed by atoms with Crippen LogP contribution in [0.5, 0.6) is 0 Å². The van der Waals surface area contributed by atoms with Crippen LogP contribution in [0.15, 0.2) is 18.7 Å². The second-order valence-corrected chi connectivity index (χ2v) is 5.76. The van der Waals surface area contributed by atoms with Gasteiger partial charge in [-0.25, -0.2) is 17.6 Å². The average molecular weight is 302 g/mol. The minimum atomic E-state index is -4.92. The van der Waals surface area contributed by atoms with E-state index < -0.39 is 25.9 Å². The Bertz CT molecular complexity index is 567. The minimum absolute atomic E-state index is 0.341. The maximum absolute atomic E-state index is 10.9. The molecule has 1 atom stereocenters. The minimum Gasteiger partial charge on any atom is -0.726 e. The van der Waals surface area contributed by atoms with Gasteiger partial charge in [0.15, 0.2) is 0 Å². The van der Waals surface area contributed by atoms with Gasteiger partial charge >= 0.3 is 10.1 Å². The highest BCUT2D eigenvalue weighted by molar-refractivity contribution is 7.85. The fourth-order valence-electron chi connectivity index (χ4n) is 1.22. The molecular weight excluding hydrogens is 288 g/mol. The summed E-state index contributed by atoms with van der Waals surface area (Å²) in [5.74, 6) is 0. The van der Waals surface area contributed by atoms with E-state index in [-0.39, 0.29) is 0 Å². The van der Waals surface area contributed by atoms with Crippen molar-refractivity contribution in [2.75, 3.05) is 0 Å². The van der Waals surface area contributed by atoms with Crippen molar-refractivity contribution in [2.45, 2.75) is 18.7 Å². The van der Waals surface area contributed by atoms with Crippen molar-refractivity contribution in [3.8, 4) is 0 Å². The summed E-state index contributed by atoms with van der Waals surface area (Å²) in [5, 5.41) is -0.881. The molecule has 0 spiro atoms. The van der Waals surface area contributed by atoms with E-state index in [0.29, 0.717) is 6.42 Å². The van der Waals surface area contributed by atoms with Crippen LogP contribution in [0.1, 0.15) is 18.7 Å². The Morgan fingerprint density at radius 1 is 1.33 bits per heavy atom. The maximum Gasteiger partial charge on any atom is 0.307 e. The van der Waals surface area contributed by atoms with Gasteiger partial charge < -0.3 is 4.55 Å². The molecule has 0 saturated carbocycles. The summed E-state index contributed by atoms with van der Waals surface area (Å²) in [6, 6.07) is 0. The number of nitrogens with zero attached hydrogens (tertiary/aromatic N) is 2. The number of aromatic nitrogens is 2. The first-order valence-electron chi connectivity index (χ1n) is 4.62. The summed E-state index contributed by atoms with van der Waals surface area (Å²) in [6.07, 6.45) is 5.28. The number of hydrogen-bond acceptors (Lipinski definition) is 5. The monoisotopic (exact) mass is 302 g/mol. The zero-order chi connectivity index (χ0) is 14.6. The molecule has 0 amide bonds. The van der Waals surface area contributed by atoms with E-state index in [4.69, 9.17) is 22.1 Å². The molecular formula is C7H14N2O7S2. The lowest BCUT2D eigenvalue weighted by molar-refractivity contribution is -0.701. The van der Waals surface area contributed by atoms with E-state index in [9.17, 15) is 8.42 Å². The molecule has 0 radical (unpaired) electrons. The third-order valence-corrected chi connectivity index (χ3v) is 3.08. The van der Waals surface area contributed by atoms with Crippen LogP contribution in [0.25, 0.3) is 0 Å². The van der Waals surface area contributed by atoms with Gasteiger partial charge in [-0.2, -0.15) is 8.42 Å². The van der Waals surface area contributed by atoms with Crippen LogP contribution >= 0.6 is 0 Å². The summed E-state index contributed by atoms with van der Waals surface area (Å²) in [5.41, 5.74) is 0. The highest BCUT2D eigenvalue weighted by Gasteiger charge is 2.27. The molecule has 0 aromatic carbocycles. The first-order valence-corrected chi connectivity index (χ1v) is 7.49. The standard InChI is InChI=1S/C7H12N2O3S.H2O4S/c1-3-7(13(10,11)12)9-5-4-8(2)6-9;1-5(2,3)4/h4-7H,3H2,1-2H3;(H2,1,2,3,4). The van der Waals surface area contributed by atoms with Gasteiger partial charge in [-0.1, -0.05) is 6.92 Å². The maximum atomic E-state index is 10.9. The summed E-state index contributed by atoms with van der Waals surface area (Å²) in [6.45, 7) is 1.71. The van der Waals surface area contributed by atoms with Crippen LogP contribution < -0.4 is 4.57 Å². The summed E-state index contributed by atoms with van der Waals surface area (Å²) >= 11 is 0. The molecule has 0 aliphatic heterocycles. The van der Waals surface area contributed by atoms with E-state index in [0.717, 1.165) is 0 Å². The Morgan fingerprint density at radius 3 is 2.00 bits per heavy atom. The zero-order valence-corrected chi connectivity index (χ0v) is 11.3. The lowest BCUT2D eigenvalue weighted by Gasteiger charge is -2.06. The van der Waals surface area contributed by atoms with E-state index in [1.54, 1.807) is 37.3 Å². The molecule has 1 unspecified atom stereocenters. The predicted octanol–water partition coefficient (Wildman–Crippen LogP) is -0.886. The van der Waals surface area contributed by atoms with Crippen molar-refractivity contribution in [1.82, 2.24) is 4.57 Å². The van der Waals surface area contributed by atoms with Crippen molar-refractivity contribution in [3.05, 3.63) is 18.7 Å². The van der Waals surface area contributed by atoms with E-state index in [2.05, 4.69) is 0 Å². The fourth-order valence-corrected chi connectivity index (χ4v) is 2.07. The molecule has 1 rings (SSSR count). The Hall–Kier alpha value is -1.01. The van der Waals surface area contributed by atoms with Crippen molar-refractivity contribution >= 4 is 20.5 Å². The van der Waals surface area contributed by atoms with Crippen LogP contribution in [0.2, 0.25) is 0 Å². The molecule has 18 heavy (non-hydrogen) atoms. The molecule has 1 aromatic heterocycles. The smallest absolute Gasteiger partial charge is 0.307 e. The molecule has 0 aliphatic rings. The van der Waals surface area contributed by atoms with Crippen LogP contribution in [-0.2, 0) is 27.6 Å². The van der Waals surface area contributed by atoms with Crippen molar-refractivity contribution in [1.29, 1.82) is 0 Å². The Morgan fingerprint density at radius 2 is 1.78 bits per heavy atom. The first kappa shape index (κ1) is 17.0. The molecule has 0 saturated heterocycles. The van der Waals surface area contributed by atoms with Crippen LogP contribution in [0.4, 0.5) is 0 Å². The topological polar surface area (TPSA) is 141 Å². The molecule has 1 heterocycles. The van der Waals surface area contributed by atoms with Crippen LogP contribution in [-0.4, -0.2) is 35.1 Å². The molecule has 0 bridgehead atoms. The number of imidazole rings is 1. The fraction of sp³-hybridized carbons (Fsp3) is 0.571. The van der Waals surface area contributed by atoms with E-state index >= 15 is 0 Å². The van der Waals surface area contributed by atoms with Crippen molar-refractivity contribution in [2.24, 2.45) is 7.05 Å². The highest BCUT2D eigenvalue weighted by Crippen LogP contribution is 2.09. The third-order valence-electron chi connectivity index (χ3n) is 1.82. The molecule has 0 fully saturated rings. The zero-order valence-electron chi connectivity index (χ0n) is 9.66. The van der Waals surface area contributed by atoms with Gasteiger partial charge in [0.25, 0.3) is 0 Å². The van der Waals surface area contributed by atoms with E-state index in [1.807, 2.05) is 0 Å². The SMILES string of the molecule is CCC([n+]1ccn(C)c1)S(=O)(=O)O.O=S(=O)([O-])O. The second kappa shape index (κ2) is 6.24. The number of hydrogen-bond donors (Lipinski definition) is 2. The molecule has 0 aliphatic carbocycles. The van der Waals surface area contributed by atoms with Crippen molar-refractivity contribution in [3.63, 3.8) is 0 Å². The molecule has 9 nitrogen and oxygen atoms in total. The highest BCUT2D eigenvalue weighted by atomic mass is 32.3. The Kier molecular flexibility index (Phi) is 5.89. The summed E-state index contributed by atoms with van der Waals surface area (Å²) < 4.78 is 66.7. The quantitative estimate of drug-likeness (QED) is 0.419. The van der Waals surface area contributed by atoms with Gasteiger partial charge in [0.2, 0.25) is 22.1 Å². The Labute approximate surface area is 105 Å². The lowest BCUT2D eigenvalue weighted by atomic mass is 10.5. The van der Waals surface area contributed by atoms with Crippen LogP contribution in [0.3, 0.4) is 0 Å². The van der Waals surface area contributed by atoms with Gasteiger partial charge in [0.1, 0.15) is 12.4 Å². The first-order chi connectivity index (χ1) is 7.95. The number of rotatable bonds is 3. The third kappa shape index (κ3) is 7.34. The van der Waals surface area contributed by atoms with Gasteiger partial charge in [-0.05, 0) is 0 Å². The second-order valence-electron chi connectivity index (χ2n) is 3.33. The average Bonchev–Trinajstić information content (AvgIpc) is 2.47. The largest absolute Gasteiger partial charge is 0.726 e. The van der Waals surface area contributed by atoms with Crippen LogP contribution in [0, 0.1) is 0 Å². The summed E-state index contributed by atoms with van der Waals surface area (Å²) in [7, 11) is -7.14. The van der Waals surface area contributed by atoms with Gasteiger partial charge in [0.05, 0.1) is 7.05 Å². The predicted molar refractivity (Wildman–Crippen MR) is 58.8 cm³/mol. The van der Waals surface area contributed by atoms with Gasteiger partial charge in [-0.15, -0.1) is 0 Å². The van der Waals surface area contributed by atoms with Crippen molar-refractivity contribution < 1.29 is 35.1 Å². The Balaban J connectivity index is 0.000000494. The molecule has 11 heteroatoms. The van der Waals surface area contributed by atoms with Gasteiger partial charge in [-0.3, -0.25) is 9.11 Å². The van der Waals surface area contributed by atoms with E-state index in [1.165, 1.54) is 4.57 Å². The number of aryl methyl sites for hydroxylation is 1.